The van der Waals surface area contributed by atoms with E-state index < -0.39 is 48.0 Å². The molecule has 10 heteroatoms. The van der Waals surface area contributed by atoms with Crippen LogP contribution in [0.15, 0.2) is 11.0 Å². The molecular weight excluding hydrogens is 517 g/mol. The first-order chi connectivity index (χ1) is 18.9. The van der Waals surface area contributed by atoms with Gasteiger partial charge < -0.3 is 19.7 Å². The number of nitrogens with one attached hydrogen (secondary N) is 1. The second kappa shape index (κ2) is 17.0. The molecule has 2 heterocycles. The number of hydrogen-bond acceptors (Lipinski definition) is 7. The number of ether oxygens (including phenoxy) is 2. The average Bonchev–Trinajstić information content (AvgIpc) is 3.12. The van der Waals surface area contributed by atoms with Gasteiger partial charge in [-0.2, -0.15) is 4.98 Å². The number of amides is 1. The maximum atomic E-state index is 14.5. The standard InChI is InChI=1S/C30H52FN3O6/c1-19(2)10-7-11-20(3)12-8-13-21(4)14-9-15-22(5)16-17-39-30(38)33-27-24(31)18-34(29(37)32-27)28-26(36)25(35)23(6)40-28/h18-23,25-26,28,35-36H,7-17H2,1-6H3,(H,32,33,37,38)/t20?,21?,22?,23-,25-,26-,28-/m0/s1. The Hall–Kier alpha value is -2.04. The molecule has 0 saturated carbocycles. The van der Waals surface area contributed by atoms with Gasteiger partial charge in [0.1, 0.15) is 12.2 Å². The highest BCUT2D eigenvalue weighted by Gasteiger charge is 2.42. The number of carbonyl (C=O) groups is 1. The highest BCUT2D eigenvalue weighted by molar-refractivity contribution is 5.83. The van der Waals surface area contributed by atoms with Crippen molar-refractivity contribution in [3.8, 4) is 0 Å². The fourth-order valence-electron chi connectivity index (χ4n) is 5.20. The molecule has 1 fully saturated rings. The minimum Gasteiger partial charge on any atom is -0.449 e. The molecule has 0 radical (unpaired) electrons. The zero-order valence-electron chi connectivity index (χ0n) is 25.3. The van der Waals surface area contributed by atoms with Gasteiger partial charge in [0.05, 0.1) is 18.9 Å². The molecule has 9 nitrogen and oxygen atoms in total. The molecule has 7 atom stereocenters. The topological polar surface area (TPSA) is 123 Å². The van der Waals surface area contributed by atoms with Crippen LogP contribution in [-0.2, 0) is 9.47 Å². The van der Waals surface area contributed by atoms with Gasteiger partial charge in [0.25, 0.3) is 0 Å². The van der Waals surface area contributed by atoms with Gasteiger partial charge >= 0.3 is 11.8 Å². The number of nitrogens with zero attached hydrogens (tertiary/aromatic N) is 2. The SMILES string of the molecule is CC(C)CCCC(C)CCCC(C)CCCC(C)CCOC(=O)Nc1nc(=O)n([C@H]2O[C@@H](C)[C@H](O)[C@@H]2O)cc1F. The van der Waals surface area contributed by atoms with E-state index >= 15 is 0 Å². The smallest absolute Gasteiger partial charge is 0.412 e. The molecule has 1 aromatic rings. The van der Waals surface area contributed by atoms with Crippen LogP contribution in [0, 0.1) is 29.5 Å². The summed E-state index contributed by atoms with van der Waals surface area (Å²) in [6.45, 7) is 13.1. The van der Waals surface area contributed by atoms with E-state index in [0.29, 0.717) is 18.3 Å². The molecule has 40 heavy (non-hydrogen) atoms. The predicted octanol–water partition coefficient (Wildman–Crippen LogP) is 6.04. The maximum Gasteiger partial charge on any atom is 0.412 e. The van der Waals surface area contributed by atoms with Gasteiger partial charge in [-0.15, -0.1) is 0 Å². The van der Waals surface area contributed by atoms with Crippen LogP contribution >= 0.6 is 0 Å². The normalized spacial score (nSPS) is 23.2. The van der Waals surface area contributed by atoms with Crippen molar-refractivity contribution in [2.24, 2.45) is 23.7 Å². The fraction of sp³-hybridized carbons (Fsp3) is 0.833. The van der Waals surface area contributed by atoms with E-state index in [-0.39, 0.29) is 6.61 Å². The Labute approximate surface area is 238 Å². The van der Waals surface area contributed by atoms with Gasteiger partial charge in [-0.05, 0) is 37.0 Å². The Morgan fingerprint density at radius 3 is 2.00 bits per heavy atom. The molecule has 1 saturated heterocycles. The van der Waals surface area contributed by atoms with E-state index in [2.05, 4.69) is 44.9 Å². The third-order valence-corrected chi connectivity index (χ3v) is 7.99. The summed E-state index contributed by atoms with van der Waals surface area (Å²) >= 11 is 0. The van der Waals surface area contributed by atoms with E-state index in [4.69, 9.17) is 9.47 Å². The Morgan fingerprint density at radius 2 is 1.50 bits per heavy atom. The van der Waals surface area contributed by atoms with Gasteiger partial charge in [-0.3, -0.25) is 9.88 Å². The largest absolute Gasteiger partial charge is 0.449 e. The van der Waals surface area contributed by atoms with E-state index in [1.54, 1.807) is 0 Å². The Bertz CT molecular complexity index is 958. The van der Waals surface area contributed by atoms with Crippen molar-refractivity contribution in [2.45, 2.75) is 130 Å². The molecule has 3 N–H and O–H groups in total. The summed E-state index contributed by atoms with van der Waals surface area (Å²) in [4.78, 5) is 28.0. The molecule has 1 amide bonds. The summed E-state index contributed by atoms with van der Waals surface area (Å²) in [6, 6.07) is 0. The van der Waals surface area contributed by atoms with E-state index in [0.717, 1.165) is 35.4 Å². The Kier molecular flexibility index (Phi) is 14.6. The summed E-state index contributed by atoms with van der Waals surface area (Å²) in [5.41, 5.74) is -0.943. The lowest BCUT2D eigenvalue weighted by atomic mass is 9.91. The first-order valence-electron chi connectivity index (χ1n) is 15.1. The van der Waals surface area contributed by atoms with Crippen LogP contribution in [0.25, 0.3) is 0 Å². The third kappa shape index (κ3) is 11.4. The molecule has 230 valence electrons. The number of halogens is 1. The van der Waals surface area contributed by atoms with Crippen molar-refractivity contribution in [2.75, 3.05) is 11.9 Å². The third-order valence-electron chi connectivity index (χ3n) is 7.99. The lowest BCUT2D eigenvalue weighted by molar-refractivity contribution is -0.0355. The van der Waals surface area contributed by atoms with Crippen LogP contribution in [0.3, 0.4) is 0 Å². The molecule has 0 aliphatic carbocycles. The number of aliphatic hydroxyl groups is 2. The minimum absolute atomic E-state index is 0.174. The average molecular weight is 570 g/mol. The van der Waals surface area contributed by atoms with Crippen LogP contribution in [0.4, 0.5) is 15.0 Å². The van der Waals surface area contributed by atoms with Gasteiger partial charge in [0.15, 0.2) is 17.9 Å². The van der Waals surface area contributed by atoms with E-state index in [1.807, 2.05) is 0 Å². The first kappa shape index (κ1) is 34.2. The zero-order valence-corrected chi connectivity index (χ0v) is 25.3. The molecular formula is C30H52FN3O6. The van der Waals surface area contributed by atoms with Crippen molar-refractivity contribution < 1.29 is 28.9 Å². The van der Waals surface area contributed by atoms with E-state index in [9.17, 15) is 24.2 Å². The second-order valence-corrected chi connectivity index (χ2v) is 12.4. The number of anilines is 1. The number of aliphatic hydroxyl groups excluding tert-OH is 2. The van der Waals surface area contributed by atoms with Gasteiger partial charge in [0, 0.05) is 0 Å². The molecule has 0 aromatic carbocycles. The van der Waals surface area contributed by atoms with Crippen molar-refractivity contribution in [3.63, 3.8) is 0 Å². The predicted molar refractivity (Wildman–Crippen MR) is 154 cm³/mol. The summed E-state index contributed by atoms with van der Waals surface area (Å²) < 4.78 is 25.8. The molecule has 1 aliphatic heterocycles. The van der Waals surface area contributed by atoms with Crippen molar-refractivity contribution in [3.05, 3.63) is 22.5 Å². The molecule has 1 aromatic heterocycles. The van der Waals surface area contributed by atoms with Crippen LogP contribution in [0.5, 0.6) is 0 Å². The zero-order chi connectivity index (χ0) is 29.8. The minimum atomic E-state index is -1.42. The molecule has 0 bridgehead atoms. The Balaban J connectivity index is 1.62. The highest BCUT2D eigenvalue weighted by Crippen LogP contribution is 2.28. The van der Waals surface area contributed by atoms with Crippen molar-refractivity contribution in [1.29, 1.82) is 0 Å². The number of rotatable bonds is 17. The summed E-state index contributed by atoms with van der Waals surface area (Å²) in [7, 11) is 0. The van der Waals surface area contributed by atoms with Crippen LogP contribution in [0.1, 0.15) is 112 Å². The van der Waals surface area contributed by atoms with Crippen molar-refractivity contribution in [1.82, 2.24) is 9.55 Å². The maximum absolute atomic E-state index is 14.5. The number of carbonyl (C=O) groups excluding carboxylic acids is 1. The lowest BCUT2D eigenvalue weighted by Crippen LogP contribution is -2.36. The summed E-state index contributed by atoms with van der Waals surface area (Å²) in [5, 5.41) is 22.0. The van der Waals surface area contributed by atoms with Gasteiger partial charge in [-0.25, -0.2) is 14.0 Å². The van der Waals surface area contributed by atoms with E-state index in [1.165, 1.54) is 51.9 Å². The monoisotopic (exact) mass is 569 g/mol. The number of hydrogen-bond donors (Lipinski definition) is 3. The fourth-order valence-corrected chi connectivity index (χ4v) is 5.20. The van der Waals surface area contributed by atoms with Gasteiger partial charge in [0.2, 0.25) is 0 Å². The van der Waals surface area contributed by atoms with Gasteiger partial charge in [-0.1, -0.05) is 92.4 Å². The lowest BCUT2D eigenvalue weighted by Gasteiger charge is -2.18. The molecule has 0 spiro atoms. The molecule has 2 rings (SSSR count). The first-order valence-corrected chi connectivity index (χ1v) is 15.1. The summed E-state index contributed by atoms with van der Waals surface area (Å²) in [6.07, 6.45) is 7.20. The van der Waals surface area contributed by atoms with Crippen molar-refractivity contribution >= 4 is 11.9 Å². The summed E-state index contributed by atoms with van der Waals surface area (Å²) in [5.74, 6) is 1.15. The molecule has 3 unspecified atom stereocenters. The van der Waals surface area contributed by atoms with Crippen LogP contribution in [0.2, 0.25) is 0 Å². The Morgan fingerprint density at radius 1 is 0.975 bits per heavy atom. The molecule has 1 aliphatic rings. The number of aromatic nitrogens is 2. The quantitative estimate of drug-likeness (QED) is 0.209. The second-order valence-electron chi connectivity index (χ2n) is 12.4. The van der Waals surface area contributed by atoms with Crippen LogP contribution in [-0.4, -0.2) is 50.8 Å². The van der Waals surface area contributed by atoms with Crippen LogP contribution < -0.4 is 11.0 Å². The highest BCUT2D eigenvalue weighted by atomic mass is 19.1.